The van der Waals surface area contributed by atoms with Crippen LogP contribution in [0.3, 0.4) is 0 Å². The molecule has 4 bridgehead atoms. The molecular weight excluding hydrogens is 419 g/mol. The van der Waals surface area contributed by atoms with E-state index in [-0.39, 0.29) is 22.4 Å². The Labute approximate surface area is 184 Å². The van der Waals surface area contributed by atoms with Gasteiger partial charge in [-0.25, -0.2) is 4.79 Å². The van der Waals surface area contributed by atoms with E-state index in [0.717, 1.165) is 19.3 Å². The lowest BCUT2D eigenvalue weighted by atomic mass is 9.53. The highest BCUT2D eigenvalue weighted by Gasteiger charge is 2.51. The first kappa shape index (κ1) is 21.1. The summed E-state index contributed by atoms with van der Waals surface area (Å²) < 4.78 is 41.9. The Morgan fingerprint density at radius 3 is 2.25 bits per heavy atom. The number of pyridine rings is 1. The molecule has 8 heteroatoms. The fourth-order valence-corrected chi connectivity index (χ4v) is 6.51. The maximum Gasteiger partial charge on any atom is 0.412 e. The van der Waals surface area contributed by atoms with Gasteiger partial charge >= 0.3 is 12.1 Å². The van der Waals surface area contributed by atoms with E-state index in [1.54, 1.807) is 6.07 Å². The molecule has 4 fully saturated rings. The average Bonchev–Trinajstić information content (AvgIpc) is 2.71. The molecule has 2 aromatic rings. The molecule has 4 aliphatic carbocycles. The Hall–Kier alpha value is -2.77. The second kappa shape index (κ2) is 7.67. The number of halogens is 3. The molecule has 0 aliphatic heterocycles. The number of nitrogens with zero attached hydrogens (tertiary/aromatic N) is 1. The van der Waals surface area contributed by atoms with Crippen LogP contribution in [0, 0.1) is 17.8 Å². The number of aromatic carboxylic acids is 1. The van der Waals surface area contributed by atoms with Crippen LogP contribution >= 0.6 is 0 Å². The number of rotatable bonds is 6. The second-order valence-electron chi connectivity index (χ2n) is 9.79. The molecule has 3 N–H and O–H groups in total. The first-order valence-corrected chi connectivity index (χ1v) is 11.1. The van der Waals surface area contributed by atoms with E-state index in [1.165, 1.54) is 55.9 Å². The van der Waals surface area contributed by atoms with Gasteiger partial charge in [0.05, 0.1) is 16.9 Å². The maximum absolute atomic E-state index is 14.0. The van der Waals surface area contributed by atoms with Gasteiger partial charge in [-0.3, -0.25) is 4.98 Å². The minimum absolute atomic E-state index is 0.0264. The van der Waals surface area contributed by atoms with Crippen molar-refractivity contribution in [3.05, 3.63) is 53.9 Å². The number of anilines is 2. The van der Waals surface area contributed by atoms with Crippen LogP contribution in [0.15, 0.2) is 42.7 Å². The van der Waals surface area contributed by atoms with E-state index in [4.69, 9.17) is 0 Å². The van der Waals surface area contributed by atoms with Crippen LogP contribution in [-0.4, -0.2) is 27.8 Å². The average molecular weight is 445 g/mol. The smallest absolute Gasteiger partial charge is 0.412 e. The molecule has 0 saturated heterocycles. The highest BCUT2D eigenvalue weighted by atomic mass is 19.4. The maximum atomic E-state index is 14.0. The number of hydrogen-bond donors (Lipinski definition) is 3. The van der Waals surface area contributed by atoms with Crippen molar-refractivity contribution in [1.29, 1.82) is 0 Å². The Bertz CT molecular complexity index is 974. The van der Waals surface area contributed by atoms with E-state index < -0.39 is 18.2 Å². The molecule has 32 heavy (non-hydrogen) atoms. The van der Waals surface area contributed by atoms with Gasteiger partial charge in [0.2, 0.25) is 0 Å². The first-order chi connectivity index (χ1) is 15.2. The molecule has 170 valence electrons. The van der Waals surface area contributed by atoms with E-state index >= 15 is 0 Å². The molecule has 6 rings (SSSR count). The van der Waals surface area contributed by atoms with E-state index in [2.05, 4.69) is 15.6 Å². The summed E-state index contributed by atoms with van der Waals surface area (Å²) in [5.74, 6) is 0.824. The van der Waals surface area contributed by atoms with Crippen LogP contribution in [0.5, 0.6) is 0 Å². The second-order valence-corrected chi connectivity index (χ2v) is 9.79. The highest BCUT2D eigenvalue weighted by Crippen LogP contribution is 2.57. The van der Waals surface area contributed by atoms with Gasteiger partial charge < -0.3 is 15.7 Å². The van der Waals surface area contributed by atoms with Gasteiger partial charge in [0.15, 0.2) is 0 Å². The number of carbonyl (C=O) groups is 1. The molecule has 1 unspecified atom stereocenters. The SMILES string of the molecule is O=C(O)c1ccc(NC23CC4CC(CC(C4)C2)C3)c(NC(c2cccnc2)C(F)(F)F)c1. The summed E-state index contributed by atoms with van der Waals surface area (Å²) in [6.45, 7) is 0. The summed E-state index contributed by atoms with van der Waals surface area (Å²) in [4.78, 5) is 15.4. The standard InChI is InChI=1S/C24H26F3N3O2/c25-24(26,27)21(18-2-1-5-28-13-18)29-20-9-17(22(31)32)3-4-19(20)30-23-10-14-6-15(11-23)8-16(7-14)12-23/h1-5,9,13-16,21,29-30H,6-8,10-12H2,(H,31,32). The van der Waals surface area contributed by atoms with E-state index in [1.807, 2.05) is 0 Å². The molecule has 1 atom stereocenters. The van der Waals surface area contributed by atoms with Crippen molar-refractivity contribution in [3.63, 3.8) is 0 Å². The summed E-state index contributed by atoms with van der Waals surface area (Å²) in [7, 11) is 0. The molecule has 4 aliphatic rings. The van der Waals surface area contributed by atoms with Crippen LogP contribution < -0.4 is 10.6 Å². The summed E-state index contributed by atoms with van der Waals surface area (Å²) in [5.41, 5.74) is 0.455. The zero-order valence-electron chi connectivity index (χ0n) is 17.5. The minimum Gasteiger partial charge on any atom is -0.478 e. The molecule has 1 aromatic carbocycles. The van der Waals surface area contributed by atoms with E-state index in [0.29, 0.717) is 23.4 Å². The third kappa shape index (κ3) is 4.02. The highest BCUT2D eigenvalue weighted by molar-refractivity contribution is 5.91. The van der Waals surface area contributed by atoms with Crippen molar-refractivity contribution in [1.82, 2.24) is 4.98 Å². The Morgan fingerprint density at radius 2 is 1.72 bits per heavy atom. The van der Waals surface area contributed by atoms with Crippen molar-refractivity contribution in [3.8, 4) is 0 Å². The Balaban J connectivity index is 1.49. The number of aromatic nitrogens is 1. The zero-order valence-corrected chi connectivity index (χ0v) is 17.5. The van der Waals surface area contributed by atoms with Gasteiger partial charge in [-0.15, -0.1) is 0 Å². The van der Waals surface area contributed by atoms with E-state index in [9.17, 15) is 23.1 Å². The van der Waals surface area contributed by atoms with Crippen molar-refractivity contribution in [2.75, 3.05) is 10.6 Å². The van der Waals surface area contributed by atoms with Crippen LogP contribution in [0.25, 0.3) is 0 Å². The molecule has 5 nitrogen and oxygen atoms in total. The summed E-state index contributed by atoms with van der Waals surface area (Å²) in [6.07, 6.45) is 4.82. The van der Waals surface area contributed by atoms with Gasteiger partial charge in [-0.2, -0.15) is 13.2 Å². The monoisotopic (exact) mass is 445 g/mol. The first-order valence-electron chi connectivity index (χ1n) is 11.1. The summed E-state index contributed by atoms with van der Waals surface area (Å²) in [5, 5.41) is 15.6. The zero-order chi connectivity index (χ0) is 22.5. The number of benzene rings is 1. The van der Waals surface area contributed by atoms with Gasteiger partial charge in [0.25, 0.3) is 0 Å². The largest absolute Gasteiger partial charge is 0.478 e. The number of carboxylic acids is 1. The fourth-order valence-electron chi connectivity index (χ4n) is 6.51. The number of hydrogen-bond acceptors (Lipinski definition) is 4. The third-order valence-corrected chi connectivity index (χ3v) is 7.35. The van der Waals surface area contributed by atoms with Crippen LogP contribution in [-0.2, 0) is 0 Å². The molecule has 0 amide bonds. The number of nitrogens with one attached hydrogen (secondary N) is 2. The van der Waals surface area contributed by atoms with Gasteiger partial charge in [-0.1, -0.05) is 6.07 Å². The lowest BCUT2D eigenvalue weighted by Crippen LogP contribution is -2.54. The van der Waals surface area contributed by atoms with Gasteiger partial charge in [0.1, 0.15) is 6.04 Å². The van der Waals surface area contributed by atoms with Crippen molar-refractivity contribution < 1.29 is 23.1 Å². The third-order valence-electron chi connectivity index (χ3n) is 7.35. The predicted octanol–water partition coefficient (Wildman–Crippen LogP) is 5.88. The van der Waals surface area contributed by atoms with Crippen molar-refractivity contribution >= 4 is 17.3 Å². The summed E-state index contributed by atoms with van der Waals surface area (Å²) in [6, 6.07) is 5.16. The van der Waals surface area contributed by atoms with Crippen molar-refractivity contribution in [2.45, 2.75) is 56.3 Å². The molecule has 1 aromatic heterocycles. The molecule has 0 spiro atoms. The normalized spacial score (nSPS) is 29.5. The Kier molecular flexibility index (Phi) is 5.06. The molecule has 0 radical (unpaired) electrons. The van der Waals surface area contributed by atoms with Gasteiger partial charge in [-0.05, 0) is 80.5 Å². The van der Waals surface area contributed by atoms with Crippen molar-refractivity contribution in [2.24, 2.45) is 17.8 Å². The van der Waals surface area contributed by atoms with Crippen LogP contribution in [0.2, 0.25) is 0 Å². The molecular formula is C24H26F3N3O2. The minimum atomic E-state index is -4.58. The van der Waals surface area contributed by atoms with Crippen LogP contribution in [0.4, 0.5) is 24.5 Å². The lowest BCUT2D eigenvalue weighted by molar-refractivity contribution is -0.144. The Morgan fingerprint density at radius 1 is 1.06 bits per heavy atom. The molecule has 4 saturated carbocycles. The molecule has 1 heterocycles. The topological polar surface area (TPSA) is 74.2 Å². The lowest BCUT2D eigenvalue weighted by Gasteiger charge is -2.57. The van der Waals surface area contributed by atoms with Crippen LogP contribution in [0.1, 0.15) is 60.5 Å². The number of carboxylic acid groups (broad SMARTS) is 1. The predicted molar refractivity (Wildman–Crippen MR) is 115 cm³/mol. The fraction of sp³-hybridized carbons (Fsp3) is 0.500. The van der Waals surface area contributed by atoms with Gasteiger partial charge in [0, 0.05) is 23.5 Å². The summed E-state index contributed by atoms with van der Waals surface area (Å²) >= 11 is 0. The quantitative estimate of drug-likeness (QED) is 0.518. The number of alkyl halides is 3.